The third-order valence-corrected chi connectivity index (χ3v) is 4.29. The highest BCUT2D eigenvalue weighted by Crippen LogP contribution is 2.37. The van der Waals surface area contributed by atoms with E-state index in [1.807, 2.05) is 0 Å². The van der Waals surface area contributed by atoms with Gasteiger partial charge in [-0.25, -0.2) is 14.4 Å². The number of carbonyl (C=O) groups is 1. The lowest BCUT2D eigenvalue weighted by Crippen LogP contribution is -2.17. The third kappa shape index (κ3) is 5.21. The predicted molar refractivity (Wildman–Crippen MR) is 104 cm³/mol. The van der Waals surface area contributed by atoms with E-state index in [1.54, 1.807) is 0 Å². The number of hydrogen-bond donors (Lipinski definition) is 1. The molecule has 0 aliphatic rings. The lowest BCUT2D eigenvalue weighted by molar-refractivity contribution is -0.141. The molecule has 0 saturated heterocycles. The van der Waals surface area contributed by atoms with Gasteiger partial charge in [0.1, 0.15) is 17.1 Å². The van der Waals surface area contributed by atoms with Gasteiger partial charge in [-0.2, -0.15) is 13.2 Å². The van der Waals surface area contributed by atoms with Crippen molar-refractivity contribution in [1.29, 1.82) is 0 Å². The van der Waals surface area contributed by atoms with Crippen LogP contribution in [0.1, 0.15) is 21.6 Å². The van der Waals surface area contributed by atoms with E-state index in [1.165, 1.54) is 38.4 Å². The molecule has 0 unspecified atom stereocenters. The first kappa shape index (κ1) is 22.3. The summed E-state index contributed by atoms with van der Waals surface area (Å²) in [6.45, 7) is 1.49. The number of halogens is 5. The van der Waals surface area contributed by atoms with E-state index in [4.69, 9.17) is 21.1 Å². The monoisotopic (exact) mass is 455 g/mol. The van der Waals surface area contributed by atoms with Gasteiger partial charge in [0, 0.05) is 18.0 Å². The molecular weight excluding hydrogens is 442 g/mol. The summed E-state index contributed by atoms with van der Waals surface area (Å²) in [4.78, 5) is 20.1. The molecule has 0 radical (unpaired) electrons. The molecule has 0 saturated carbocycles. The van der Waals surface area contributed by atoms with Gasteiger partial charge >= 0.3 is 6.18 Å². The van der Waals surface area contributed by atoms with Crippen LogP contribution in [0.5, 0.6) is 17.5 Å². The molecule has 3 rings (SSSR count). The summed E-state index contributed by atoms with van der Waals surface area (Å²) in [6, 6.07) is 7.06. The van der Waals surface area contributed by atoms with Crippen LogP contribution in [0.25, 0.3) is 0 Å². The number of benzene rings is 1. The van der Waals surface area contributed by atoms with E-state index in [2.05, 4.69) is 15.3 Å². The van der Waals surface area contributed by atoms with Gasteiger partial charge in [0.25, 0.3) is 5.91 Å². The Morgan fingerprint density at radius 3 is 2.55 bits per heavy atom. The molecule has 31 heavy (non-hydrogen) atoms. The van der Waals surface area contributed by atoms with Crippen molar-refractivity contribution in [3.63, 3.8) is 0 Å². The average molecular weight is 456 g/mol. The predicted octanol–water partition coefficient (Wildman–Crippen LogP) is 5.65. The van der Waals surface area contributed by atoms with Crippen LogP contribution in [-0.4, -0.2) is 23.0 Å². The van der Waals surface area contributed by atoms with Gasteiger partial charge in [0.05, 0.1) is 12.1 Å². The Morgan fingerprint density at radius 1 is 1.16 bits per heavy atom. The number of anilines is 1. The first-order valence-corrected chi connectivity index (χ1v) is 8.99. The molecule has 0 aliphatic carbocycles. The van der Waals surface area contributed by atoms with Crippen LogP contribution in [0.15, 0.2) is 42.6 Å². The fourth-order valence-electron chi connectivity index (χ4n) is 2.54. The molecule has 6 nitrogen and oxygen atoms in total. The maximum absolute atomic E-state index is 13.4. The first-order valence-electron chi connectivity index (χ1n) is 8.61. The first-order chi connectivity index (χ1) is 14.6. The number of amides is 1. The minimum Gasteiger partial charge on any atom is -0.481 e. The zero-order chi connectivity index (χ0) is 22.8. The fraction of sp³-hybridized carbons (Fsp3) is 0.150. The normalized spacial score (nSPS) is 11.2. The fourth-order valence-corrected chi connectivity index (χ4v) is 2.80. The van der Waals surface area contributed by atoms with E-state index in [-0.39, 0.29) is 28.4 Å². The number of nitrogens with one attached hydrogen (secondary N) is 1. The molecule has 11 heteroatoms. The maximum atomic E-state index is 13.4. The van der Waals surface area contributed by atoms with E-state index < -0.39 is 34.5 Å². The number of ether oxygens (including phenoxy) is 2. The summed E-state index contributed by atoms with van der Waals surface area (Å²) in [6.07, 6.45) is -3.52. The maximum Gasteiger partial charge on any atom is 0.434 e. The van der Waals surface area contributed by atoms with Crippen molar-refractivity contribution in [2.75, 3.05) is 12.4 Å². The zero-order valence-electron chi connectivity index (χ0n) is 16.1. The van der Waals surface area contributed by atoms with Crippen molar-refractivity contribution in [1.82, 2.24) is 9.97 Å². The van der Waals surface area contributed by atoms with Gasteiger partial charge in [-0.1, -0.05) is 11.6 Å². The number of aromatic nitrogens is 2. The highest BCUT2D eigenvalue weighted by Gasteiger charge is 2.37. The van der Waals surface area contributed by atoms with Crippen molar-refractivity contribution >= 4 is 23.2 Å². The number of nitrogens with zero attached hydrogens (tertiary/aromatic N) is 2. The molecule has 1 amide bonds. The largest absolute Gasteiger partial charge is 0.481 e. The molecule has 3 aromatic rings. The number of alkyl halides is 3. The van der Waals surface area contributed by atoms with Gasteiger partial charge < -0.3 is 14.8 Å². The minimum absolute atomic E-state index is 0.0176. The van der Waals surface area contributed by atoms with E-state index in [0.717, 1.165) is 18.2 Å². The molecule has 0 atom stereocenters. The van der Waals surface area contributed by atoms with Crippen molar-refractivity contribution in [3.8, 4) is 17.5 Å². The molecule has 162 valence electrons. The average Bonchev–Trinajstić information content (AvgIpc) is 2.70. The summed E-state index contributed by atoms with van der Waals surface area (Å²) < 4.78 is 63.6. The molecule has 1 N–H and O–H groups in total. The molecule has 2 heterocycles. The van der Waals surface area contributed by atoms with E-state index in [9.17, 15) is 22.4 Å². The number of pyridine rings is 2. The molecule has 0 aliphatic heterocycles. The smallest absolute Gasteiger partial charge is 0.434 e. The van der Waals surface area contributed by atoms with Crippen molar-refractivity contribution in [3.05, 3.63) is 70.3 Å². The zero-order valence-corrected chi connectivity index (χ0v) is 16.8. The second-order valence-corrected chi connectivity index (χ2v) is 6.63. The van der Waals surface area contributed by atoms with Crippen molar-refractivity contribution in [2.24, 2.45) is 0 Å². The lowest BCUT2D eigenvalue weighted by Gasteiger charge is -2.16. The summed E-state index contributed by atoms with van der Waals surface area (Å²) in [5, 5.41) is 1.71. The van der Waals surface area contributed by atoms with Crippen LogP contribution in [0, 0.1) is 12.7 Å². The Balaban J connectivity index is 2.04. The topological polar surface area (TPSA) is 73.3 Å². The lowest BCUT2D eigenvalue weighted by atomic mass is 10.2. The molecule has 0 bridgehead atoms. The number of hydrogen-bond acceptors (Lipinski definition) is 5. The number of rotatable bonds is 5. The van der Waals surface area contributed by atoms with Crippen molar-refractivity contribution < 1.29 is 31.8 Å². The highest BCUT2D eigenvalue weighted by atomic mass is 35.5. The summed E-state index contributed by atoms with van der Waals surface area (Å²) >= 11 is 5.74. The second kappa shape index (κ2) is 8.76. The summed E-state index contributed by atoms with van der Waals surface area (Å²) in [5.74, 6) is -1.82. The second-order valence-electron chi connectivity index (χ2n) is 6.22. The highest BCUT2D eigenvalue weighted by molar-refractivity contribution is 6.31. The number of methoxy groups -OCH3 is 1. The van der Waals surface area contributed by atoms with Crippen LogP contribution in [-0.2, 0) is 6.18 Å². The standard InChI is InChI=1S/C20H14ClF4N3O3/c1-10-7-11(22)3-4-15(10)31-19-13(9-14(21)17(28-19)20(23,24)25)18(29)27-12-5-6-26-16(8-12)30-2/h3-9H,1-2H3,(H,26,27,29). The van der Waals surface area contributed by atoms with E-state index >= 15 is 0 Å². The minimum atomic E-state index is -4.89. The van der Waals surface area contributed by atoms with Crippen LogP contribution >= 0.6 is 11.6 Å². The Labute approximate surface area is 178 Å². The quantitative estimate of drug-likeness (QED) is 0.503. The van der Waals surface area contributed by atoms with Gasteiger partial charge in [-0.05, 0) is 42.8 Å². The van der Waals surface area contributed by atoms with Crippen LogP contribution in [0.3, 0.4) is 0 Å². The molecule has 1 aromatic carbocycles. The number of carbonyl (C=O) groups excluding carboxylic acids is 1. The Kier molecular flexibility index (Phi) is 6.30. The molecule has 0 fully saturated rings. The van der Waals surface area contributed by atoms with Gasteiger partial charge in [0.2, 0.25) is 11.8 Å². The van der Waals surface area contributed by atoms with Crippen LogP contribution < -0.4 is 14.8 Å². The van der Waals surface area contributed by atoms with Gasteiger partial charge in [-0.3, -0.25) is 4.79 Å². The summed E-state index contributed by atoms with van der Waals surface area (Å²) in [5.41, 5.74) is -1.24. The molecular formula is C20H14ClF4N3O3. The summed E-state index contributed by atoms with van der Waals surface area (Å²) in [7, 11) is 1.38. The Morgan fingerprint density at radius 2 is 1.90 bits per heavy atom. The van der Waals surface area contributed by atoms with E-state index in [0.29, 0.717) is 0 Å². The van der Waals surface area contributed by atoms with Crippen molar-refractivity contribution in [2.45, 2.75) is 13.1 Å². The Bertz CT molecular complexity index is 1140. The van der Waals surface area contributed by atoms with Crippen LogP contribution in [0.2, 0.25) is 5.02 Å². The third-order valence-electron chi connectivity index (χ3n) is 4.00. The van der Waals surface area contributed by atoms with Crippen LogP contribution in [0.4, 0.5) is 23.2 Å². The molecule has 2 aromatic heterocycles. The van der Waals surface area contributed by atoms with Gasteiger partial charge in [0.15, 0.2) is 5.69 Å². The van der Waals surface area contributed by atoms with Gasteiger partial charge in [-0.15, -0.1) is 0 Å². The Hall–Kier alpha value is -3.40. The SMILES string of the molecule is COc1cc(NC(=O)c2cc(Cl)c(C(F)(F)F)nc2Oc2ccc(F)cc2C)ccn1. The molecule has 0 spiro atoms. The number of aryl methyl sites for hydroxylation is 1.